The molecule has 0 spiro atoms. The van der Waals surface area contributed by atoms with Crippen molar-refractivity contribution in [1.29, 1.82) is 0 Å². The fourth-order valence-electron chi connectivity index (χ4n) is 2.81. The summed E-state index contributed by atoms with van der Waals surface area (Å²) in [6, 6.07) is 4.07. The number of pyridine rings is 1. The third kappa shape index (κ3) is 3.77. The van der Waals surface area contributed by atoms with E-state index in [1.165, 1.54) is 16.8 Å². The first-order valence-corrected chi connectivity index (χ1v) is 8.30. The summed E-state index contributed by atoms with van der Waals surface area (Å²) in [5, 5.41) is 10.9. The maximum absolute atomic E-state index is 12.9. The second kappa shape index (κ2) is 6.99. The molecule has 0 bridgehead atoms. The highest BCUT2D eigenvalue weighted by Crippen LogP contribution is 2.29. The number of anilines is 2. The molecule has 0 aliphatic carbocycles. The van der Waals surface area contributed by atoms with E-state index in [1.807, 2.05) is 0 Å². The summed E-state index contributed by atoms with van der Waals surface area (Å²) in [5.74, 6) is 1.67. The van der Waals surface area contributed by atoms with Crippen LogP contribution >= 0.6 is 0 Å². The van der Waals surface area contributed by atoms with Gasteiger partial charge in [0.25, 0.3) is 0 Å². The smallest absolute Gasteiger partial charge is 0.378 e. The lowest BCUT2D eigenvalue weighted by molar-refractivity contribution is -0.137. The highest BCUT2D eigenvalue weighted by atomic mass is 19.4. The van der Waals surface area contributed by atoms with Gasteiger partial charge in [-0.05, 0) is 12.1 Å². The standard InChI is InChI=1S/C16H16F3N7O/c17-16(18,19)11-1-2-13-23-24-15(26(13)9-11)8-20-12-7-14(22-10-21-12)25-3-5-27-6-4-25/h1-2,7,9-10H,3-6,8H2,(H,20,21,22). The quantitative estimate of drug-likeness (QED) is 0.743. The van der Waals surface area contributed by atoms with Gasteiger partial charge in [-0.3, -0.25) is 4.40 Å². The van der Waals surface area contributed by atoms with Crippen LogP contribution in [-0.4, -0.2) is 50.9 Å². The molecule has 0 amide bonds. The predicted molar refractivity (Wildman–Crippen MR) is 90.4 cm³/mol. The van der Waals surface area contributed by atoms with Crippen molar-refractivity contribution in [2.75, 3.05) is 36.5 Å². The summed E-state index contributed by atoms with van der Waals surface area (Å²) in [6.07, 6.45) is -1.99. The van der Waals surface area contributed by atoms with Crippen molar-refractivity contribution in [3.8, 4) is 0 Å². The van der Waals surface area contributed by atoms with E-state index >= 15 is 0 Å². The number of ether oxygens (including phenoxy) is 1. The van der Waals surface area contributed by atoms with Crippen molar-refractivity contribution < 1.29 is 17.9 Å². The normalized spacial score (nSPS) is 15.3. The summed E-state index contributed by atoms with van der Waals surface area (Å²) in [7, 11) is 0. The van der Waals surface area contributed by atoms with E-state index in [1.54, 1.807) is 6.07 Å². The molecule has 3 aromatic rings. The van der Waals surface area contributed by atoms with Gasteiger partial charge in [0.15, 0.2) is 11.5 Å². The highest BCUT2D eigenvalue weighted by Gasteiger charge is 2.31. The van der Waals surface area contributed by atoms with Gasteiger partial charge in [-0.15, -0.1) is 10.2 Å². The number of halogens is 3. The third-order valence-corrected chi connectivity index (χ3v) is 4.22. The van der Waals surface area contributed by atoms with Crippen LogP contribution in [0.3, 0.4) is 0 Å². The average molecular weight is 379 g/mol. The Morgan fingerprint density at radius 3 is 2.70 bits per heavy atom. The van der Waals surface area contributed by atoms with Crippen LogP contribution in [0, 0.1) is 0 Å². The Bertz CT molecular complexity index is 937. The number of alkyl halides is 3. The Balaban J connectivity index is 1.52. The molecule has 0 saturated carbocycles. The number of fused-ring (bicyclic) bond motifs is 1. The number of hydrogen-bond donors (Lipinski definition) is 1. The van der Waals surface area contributed by atoms with E-state index in [-0.39, 0.29) is 6.54 Å². The van der Waals surface area contributed by atoms with Gasteiger partial charge < -0.3 is 15.0 Å². The first kappa shape index (κ1) is 17.5. The summed E-state index contributed by atoms with van der Waals surface area (Å²) < 4.78 is 45.4. The van der Waals surface area contributed by atoms with Crippen LogP contribution in [0.25, 0.3) is 5.65 Å². The van der Waals surface area contributed by atoms with Crippen LogP contribution in [-0.2, 0) is 17.5 Å². The Kier molecular flexibility index (Phi) is 4.52. The zero-order valence-corrected chi connectivity index (χ0v) is 14.1. The van der Waals surface area contributed by atoms with Crippen LogP contribution in [0.2, 0.25) is 0 Å². The van der Waals surface area contributed by atoms with Gasteiger partial charge in [0.05, 0.1) is 25.3 Å². The van der Waals surface area contributed by atoms with Crippen LogP contribution in [0.15, 0.2) is 30.7 Å². The zero-order chi connectivity index (χ0) is 18.9. The molecule has 3 aromatic heterocycles. The molecular formula is C16H16F3N7O. The minimum absolute atomic E-state index is 0.169. The largest absolute Gasteiger partial charge is 0.417 e. The molecule has 1 saturated heterocycles. The van der Waals surface area contributed by atoms with Gasteiger partial charge in [0.2, 0.25) is 0 Å². The predicted octanol–water partition coefficient (Wildman–Crippen LogP) is 1.99. The van der Waals surface area contributed by atoms with Crippen molar-refractivity contribution in [3.63, 3.8) is 0 Å². The third-order valence-electron chi connectivity index (χ3n) is 4.22. The monoisotopic (exact) mass is 379 g/mol. The Morgan fingerprint density at radius 1 is 1.11 bits per heavy atom. The summed E-state index contributed by atoms with van der Waals surface area (Å²) in [6.45, 7) is 2.93. The number of nitrogens with zero attached hydrogens (tertiary/aromatic N) is 6. The number of aromatic nitrogens is 5. The lowest BCUT2D eigenvalue weighted by Crippen LogP contribution is -2.36. The molecule has 1 N–H and O–H groups in total. The lowest BCUT2D eigenvalue weighted by atomic mass is 10.3. The van der Waals surface area contributed by atoms with Crippen LogP contribution in [0.1, 0.15) is 11.4 Å². The Hall–Kier alpha value is -2.95. The average Bonchev–Trinajstić information content (AvgIpc) is 3.09. The van der Waals surface area contributed by atoms with E-state index in [0.29, 0.717) is 30.5 Å². The fraction of sp³-hybridized carbons (Fsp3) is 0.375. The van der Waals surface area contributed by atoms with Crippen LogP contribution in [0.5, 0.6) is 0 Å². The first-order valence-electron chi connectivity index (χ1n) is 8.30. The summed E-state index contributed by atoms with van der Waals surface area (Å²) in [5.41, 5.74) is -0.413. The van der Waals surface area contributed by atoms with E-state index in [2.05, 4.69) is 30.4 Å². The van der Waals surface area contributed by atoms with Gasteiger partial charge in [-0.2, -0.15) is 13.2 Å². The van der Waals surface area contributed by atoms with Crippen LogP contribution in [0.4, 0.5) is 24.8 Å². The van der Waals surface area contributed by atoms with Crippen molar-refractivity contribution in [1.82, 2.24) is 24.6 Å². The lowest BCUT2D eigenvalue weighted by Gasteiger charge is -2.27. The molecule has 142 valence electrons. The van der Waals surface area contributed by atoms with E-state index in [4.69, 9.17) is 4.74 Å². The Morgan fingerprint density at radius 2 is 1.93 bits per heavy atom. The van der Waals surface area contributed by atoms with E-state index in [0.717, 1.165) is 31.2 Å². The highest BCUT2D eigenvalue weighted by molar-refractivity contribution is 5.49. The molecule has 0 unspecified atom stereocenters. The zero-order valence-electron chi connectivity index (χ0n) is 14.1. The molecule has 1 aliphatic rings. The molecule has 11 heteroatoms. The summed E-state index contributed by atoms with van der Waals surface area (Å²) in [4.78, 5) is 10.5. The maximum atomic E-state index is 12.9. The van der Waals surface area contributed by atoms with Crippen molar-refractivity contribution >= 4 is 17.3 Å². The van der Waals surface area contributed by atoms with Crippen molar-refractivity contribution in [2.45, 2.75) is 12.7 Å². The van der Waals surface area contributed by atoms with Gasteiger partial charge >= 0.3 is 6.18 Å². The number of nitrogens with one attached hydrogen (secondary N) is 1. The second-order valence-electron chi connectivity index (χ2n) is 5.97. The fourth-order valence-corrected chi connectivity index (χ4v) is 2.81. The molecule has 0 aromatic carbocycles. The van der Waals surface area contributed by atoms with Gasteiger partial charge in [-0.1, -0.05) is 0 Å². The Labute approximate surface area is 152 Å². The number of rotatable bonds is 4. The maximum Gasteiger partial charge on any atom is 0.417 e. The molecule has 4 rings (SSSR count). The molecule has 0 atom stereocenters. The van der Waals surface area contributed by atoms with Crippen molar-refractivity contribution in [2.24, 2.45) is 0 Å². The molecule has 4 heterocycles. The molecule has 1 aliphatic heterocycles. The molecule has 1 fully saturated rings. The van der Waals surface area contributed by atoms with Gasteiger partial charge in [0.1, 0.15) is 18.0 Å². The van der Waals surface area contributed by atoms with Gasteiger partial charge in [0, 0.05) is 25.4 Å². The van der Waals surface area contributed by atoms with E-state index in [9.17, 15) is 13.2 Å². The SMILES string of the molecule is FC(F)(F)c1ccc2nnc(CNc3cc(N4CCOCC4)ncn3)n2c1. The minimum atomic E-state index is -4.43. The van der Waals surface area contributed by atoms with Crippen molar-refractivity contribution in [3.05, 3.63) is 42.1 Å². The molecule has 0 radical (unpaired) electrons. The number of morpholine rings is 1. The number of hydrogen-bond acceptors (Lipinski definition) is 7. The first-order chi connectivity index (χ1) is 13.0. The summed E-state index contributed by atoms with van der Waals surface area (Å²) >= 11 is 0. The molecular weight excluding hydrogens is 363 g/mol. The second-order valence-corrected chi connectivity index (χ2v) is 5.97. The van der Waals surface area contributed by atoms with Gasteiger partial charge in [-0.25, -0.2) is 9.97 Å². The minimum Gasteiger partial charge on any atom is -0.378 e. The molecule has 8 nitrogen and oxygen atoms in total. The molecule has 27 heavy (non-hydrogen) atoms. The van der Waals surface area contributed by atoms with Crippen LogP contribution < -0.4 is 10.2 Å². The van der Waals surface area contributed by atoms with E-state index < -0.39 is 11.7 Å². The topological polar surface area (TPSA) is 80.5 Å².